The number of carbonyl (C=O) groups is 1. The van der Waals surface area contributed by atoms with E-state index in [0.29, 0.717) is 13.2 Å². The van der Waals surface area contributed by atoms with E-state index in [1.54, 1.807) is 0 Å². The predicted octanol–water partition coefficient (Wildman–Crippen LogP) is 2.04. The SMILES string of the molecule is CC(C)(C)OCCONC(=O)C1CCCC1. The fourth-order valence-electron chi connectivity index (χ4n) is 1.78. The highest BCUT2D eigenvalue weighted by atomic mass is 16.7. The topological polar surface area (TPSA) is 47.6 Å². The first-order valence-corrected chi connectivity index (χ1v) is 6.04. The van der Waals surface area contributed by atoms with E-state index in [0.717, 1.165) is 25.7 Å². The molecule has 1 rings (SSSR count). The summed E-state index contributed by atoms with van der Waals surface area (Å²) in [6.07, 6.45) is 4.30. The summed E-state index contributed by atoms with van der Waals surface area (Å²) in [5, 5.41) is 0. The van der Waals surface area contributed by atoms with Gasteiger partial charge in [-0.05, 0) is 33.6 Å². The maximum Gasteiger partial charge on any atom is 0.246 e. The predicted molar refractivity (Wildman–Crippen MR) is 61.8 cm³/mol. The fraction of sp³-hybridized carbons (Fsp3) is 0.917. The molecule has 0 radical (unpaired) electrons. The third-order valence-electron chi connectivity index (χ3n) is 2.62. The Hall–Kier alpha value is -0.610. The molecule has 1 saturated carbocycles. The minimum absolute atomic E-state index is 0.0215. The summed E-state index contributed by atoms with van der Waals surface area (Å²) in [4.78, 5) is 16.6. The van der Waals surface area contributed by atoms with E-state index in [-0.39, 0.29) is 17.4 Å². The molecule has 1 fully saturated rings. The number of amides is 1. The summed E-state index contributed by atoms with van der Waals surface area (Å²) in [6, 6.07) is 0. The molecule has 0 aromatic rings. The van der Waals surface area contributed by atoms with Gasteiger partial charge in [0.2, 0.25) is 5.91 Å². The van der Waals surface area contributed by atoms with Crippen LogP contribution in [0.4, 0.5) is 0 Å². The average Bonchev–Trinajstić information content (AvgIpc) is 2.67. The molecule has 16 heavy (non-hydrogen) atoms. The van der Waals surface area contributed by atoms with Gasteiger partial charge in [0.1, 0.15) is 0 Å². The van der Waals surface area contributed by atoms with Crippen molar-refractivity contribution in [1.29, 1.82) is 0 Å². The Morgan fingerprint density at radius 1 is 1.25 bits per heavy atom. The van der Waals surface area contributed by atoms with E-state index in [9.17, 15) is 4.79 Å². The molecule has 4 heteroatoms. The fourth-order valence-corrected chi connectivity index (χ4v) is 1.78. The van der Waals surface area contributed by atoms with Gasteiger partial charge in [-0.3, -0.25) is 9.63 Å². The Morgan fingerprint density at radius 2 is 1.88 bits per heavy atom. The van der Waals surface area contributed by atoms with Gasteiger partial charge in [0, 0.05) is 5.92 Å². The largest absolute Gasteiger partial charge is 0.373 e. The van der Waals surface area contributed by atoms with Crippen LogP contribution in [0, 0.1) is 5.92 Å². The Balaban J connectivity index is 2.00. The number of hydrogen-bond acceptors (Lipinski definition) is 3. The third kappa shape index (κ3) is 5.47. The van der Waals surface area contributed by atoms with E-state index >= 15 is 0 Å². The zero-order valence-corrected chi connectivity index (χ0v) is 10.5. The van der Waals surface area contributed by atoms with Crippen LogP contribution in [-0.4, -0.2) is 24.7 Å². The zero-order chi connectivity index (χ0) is 12.0. The van der Waals surface area contributed by atoms with Crippen LogP contribution in [0.25, 0.3) is 0 Å². The zero-order valence-electron chi connectivity index (χ0n) is 10.5. The minimum Gasteiger partial charge on any atom is -0.373 e. The molecule has 0 spiro atoms. The van der Waals surface area contributed by atoms with E-state index < -0.39 is 0 Å². The standard InChI is InChI=1S/C12H23NO3/c1-12(2,3)15-8-9-16-13-11(14)10-6-4-5-7-10/h10H,4-9H2,1-3H3,(H,13,14). The Morgan fingerprint density at radius 3 is 2.44 bits per heavy atom. The maximum absolute atomic E-state index is 11.5. The van der Waals surface area contributed by atoms with Crippen molar-refractivity contribution >= 4 is 5.91 Å². The molecule has 0 heterocycles. The lowest BCUT2D eigenvalue weighted by Crippen LogP contribution is -2.31. The molecule has 0 aromatic heterocycles. The van der Waals surface area contributed by atoms with E-state index in [4.69, 9.17) is 9.57 Å². The number of hydroxylamine groups is 1. The van der Waals surface area contributed by atoms with Crippen LogP contribution in [0.5, 0.6) is 0 Å². The number of rotatable bonds is 5. The van der Waals surface area contributed by atoms with Crippen molar-refractivity contribution < 1.29 is 14.4 Å². The molecule has 0 unspecified atom stereocenters. The second-order valence-electron chi connectivity index (χ2n) is 5.26. The van der Waals surface area contributed by atoms with Crippen LogP contribution >= 0.6 is 0 Å². The summed E-state index contributed by atoms with van der Waals surface area (Å²) < 4.78 is 5.46. The van der Waals surface area contributed by atoms with Gasteiger partial charge in [-0.15, -0.1) is 0 Å². The monoisotopic (exact) mass is 229 g/mol. The minimum atomic E-state index is -0.154. The molecule has 1 aliphatic carbocycles. The van der Waals surface area contributed by atoms with Crippen molar-refractivity contribution in [2.75, 3.05) is 13.2 Å². The maximum atomic E-state index is 11.5. The Labute approximate surface area is 97.6 Å². The van der Waals surface area contributed by atoms with Gasteiger partial charge < -0.3 is 4.74 Å². The summed E-state index contributed by atoms with van der Waals surface area (Å²) in [5.74, 6) is 0.178. The average molecular weight is 229 g/mol. The first-order valence-electron chi connectivity index (χ1n) is 6.04. The summed E-state index contributed by atoms with van der Waals surface area (Å²) in [5.41, 5.74) is 2.34. The van der Waals surface area contributed by atoms with Gasteiger partial charge >= 0.3 is 0 Å². The van der Waals surface area contributed by atoms with Crippen molar-refractivity contribution in [2.24, 2.45) is 5.92 Å². The summed E-state index contributed by atoms with van der Waals surface area (Å²) in [6.45, 7) is 6.86. The molecule has 1 aliphatic rings. The molecule has 0 aliphatic heterocycles. The molecule has 0 atom stereocenters. The Bertz CT molecular complexity index is 217. The van der Waals surface area contributed by atoms with Gasteiger partial charge in [0.05, 0.1) is 18.8 Å². The highest BCUT2D eigenvalue weighted by Crippen LogP contribution is 2.24. The van der Waals surface area contributed by atoms with Gasteiger partial charge in [-0.2, -0.15) is 0 Å². The third-order valence-corrected chi connectivity index (χ3v) is 2.62. The molecule has 0 aromatic carbocycles. The molecule has 1 amide bonds. The molecular formula is C12H23NO3. The highest BCUT2D eigenvalue weighted by Gasteiger charge is 2.22. The summed E-state index contributed by atoms with van der Waals surface area (Å²) in [7, 11) is 0. The molecule has 0 bridgehead atoms. The van der Waals surface area contributed by atoms with Crippen molar-refractivity contribution in [1.82, 2.24) is 5.48 Å². The van der Waals surface area contributed by atoms with Gasteiger partial charge in [0.25, 0.3) is 0 Å². The lowest BCUT2D eigenvalue weighted by molar-refractivity contribution is -0.140. The van der Waals surface area contributed by atoms with E-state index in [1.165, 1.54) is 0 Å². The lowest BCUT2D eigenvalue weighted by atomic mass is 10.1. The van der Waals surface area contributed by atoms with Gasteiger partial charge in [-0.1, -0.05) is 12.8 Å². The molecular weight excluding hydrogens is 206 g/mol. The van der Waals surface area contributed by atoms with Crippen LogP contribution in [0.15, 0.2) is 0 Å². The lowest BCUT2D eigenvalue weighted by Gasteiger charge is -2.19. The number of nitrogens with one attached hydrogen (secondary N) is 1. The smallest absolute Gasteiger partial charge is 0.246 e. The highest BCUT2D eigenvalue weighted by molar-refractivity contribution is 5.77. The number of hydrogen-bond donors (Lipinski definition) is 1. The van der Waals surface area contributed by atoms with Crippen molar-refractivity contribution in [3.05, 3.63) is 0 Å². The van der Waals surface area contributed by atoms with Crippen LogP contribution < -0.4 is 5.48 Å². The molecule has 94 valence electrons. The quantitative estimate of drug-likeness (QED) is 0.579. The molecule has 0 saturated heterocycles. The molecule has 1 N–H and O–H groups in total. The van der Waals surface area contributed by atoms with Crippen molar-refractivity contribution in [3.8, 4) is 0 Å². The first kappa shape index (κ1) is 13.5. The summed E-state index contributed by atoms with van der Waals surface area (Å²) >= 11 is 0. The first-order chi connectivity index (χ1) is 7.49. The second-order valence-corrected chi connectivity index (χ2v) is 5.26. The van der Waals surface area contributed by atoms with Crippen LogP contribution in [-0.2, 0) is 14.4 Å². The van der Waals surface area contributed by atoms with Crippen molar-refractivity contribution in [3.63, 3.8) is 0 Å². The van der Waals surface area contributed by atoms with E-state index in [2.05, 4.69) is 5.48 Å². The normalized spacial score (nSPS) is 17.7. The van der Waals surface area contributed by atoms with Crippen LogP contribution in [0.1, 0.15) is 46.5 Å². The van der Waals surface area contributed by atoms with Gasteiger partial charge in [-0.25, -0.2) is 5.48 Å². The van der Waals surface area contributed by atoms with Gasteiger partial charge in [0.15, 0.2) is 0 Å². The van der Waals surface area contributed by atoms with E-state index in [1.807, 2.05) is 20.8 Å². The number of carbonyl (C=O) groups excluding carboxylic acids is 1. The number of ether oxygens (including phenoxy) is 1. The van der Waals surface area contributed by atoms with Crippen LogP contribution in [0.3, 0.4) is 0 Å². The molecule has 4 nitrogen and oxygen atoms in total. The Kier molecular flexibility index (Phi) is 5.22. The van der Waals surface area contributed by atoms with Crippen molar-refractivity contribution in [2.45, 2.75) is 52.1 Å². The van der Waals surface area contributed by atoms with Crippen LogP contribution in [0.2, 0.25) is 0 Å². The second kappa shape index (κ2) is 6.21.